The second-order valence-corrected chi connectivity index (χ2v) is 8.83. The van der Waals surface area contributed by atoms with Crippen LogP contribution in [-0.2, 0) is 0 Å². The van der Waals surface area contributed by atoms with Gasteiger partial charge in [-0.25, -0.2) is 0 Å². The number of allylic oxidation sites excluding steroid dienone is 5. The van der Waals surface area contributed by atoms with Crippen molar-refractivity contribution in [3.05, 3.63) is 118 Å². The summed E-state index contributed by atoms with van der Waals surface area (Å²) in [5.41, 5.74) is 13.6. The van der Waals surface area contributed by atoms with Crippen LogP contribution < -0.4 is 4.90 Å². The van der Waals surface area contributed by atoms with Gasteiger partial charge in [-0.1, -0.05) is 49.1 Å². The highest BCUT2D eigenvalue weighted by Gasteiger charge is 2.15. The Labute approximate surface area is 194 Å². The van der Waals surface area contributed by atoms with E-state index in [0.717, 1.165) is 0 Å². The molecule has 3 rings (SSSR count). The third-order valence-electron chi connectivity index (χ3n) is 6.24. The van der Waals surface area contributed by atoms with E-state index in [1.165, 1.54) is 61.6 Å². The van der Waals surface area contributed by atoms with Gasteiger partial charge in [0.05, 0.1) is 0 Å². The molecule has 0 aliphatic carbocycles. The first kappa shape index (κ1) is 23.3. The number of hydrogen-bond acceptors (Lipinski definition) is 1. The van der Waals surface area contributed by atoms with Crippen LogP contribution in [0.15, 0.2) is 96.2 Å². The lowest BCUT2D eigenvalue weighted by Gasteiger charge is -2.28. The number of hydrogen-bond donors (Lipinski definition) is 0. The van der Waals surface area contributed by atoms with Crippen molar-refractivity contribution in [3.8, 4) is 11.1 Å². The Bertz CT molecular complexity index is 1210. The summed E-state index contributed by atoms with van der Waals surface area (Å²) in [5, 5.41) is 0. The molecule has 1 nitrogen and oxygen atoms in total. The lowest BCUT2D eigenvalue weighted by Crippen LogP contribution is -2.16. The van der Waals surface area contributed by atoms with Gasteiger partial charge in [-0.3, -0.25) is 0 Å². The maximum absolute atomic E-state index is 3.93. The van der Waals surface area contributed by atoms with Crippen molar-refractivity contribution < 1.29 is 0 Å². The van der Waals surface area contributed by atoms with E-state index in [0.29, 0.717) is 0 Å². The molecule has 1 heteroatoms. The van der Waals surface area contributed by atoms with E-state index in [-0.39, 0.29) is 0 Å². The zero-order valence-electron chi connectivity index (χ0n) is 20.6. The minimum Gasteiger partial charge on any atom is -0.314 e. The molecular formula is C31H35N. The molecular weight excluding hydrogens is 386 g/mol. The van der Waals surface area contributed by atoms with Crippen LogP contribution in [-0.4, -0.2) is 0 Å². The van der Waals surface area contributed by atoms with Crippen LogP contribution in [0.25, 0.3) is 11.1 Å². The van der Waals surface area contributed by atoms with Crippen LogP contribution in [0.5, 0.6) is 0 Å². The standard InChI is InChI=1S/C31H35N/c1-9-22(3)24(5)18-27(8)32(30-12-10-11-21(2)17-30)31-16-15-29(20-26(31)7)28-14-13-23(4)25(6)19-28/h9-20H,1H2,2-8H3/b24-22+,27-18+. The largest absolute Gasteiger partial charge is 0.314 e. The summed E-state index contributed by atoms with van der Waals surface area (Å²) in [7, 11) is 0. The third kappa shape index (κ3) is 5.11. The molecule has 0 unspecified atom stereocenters. The molecule has 0 aliphatic rings. The Kier molecular flexibility index (Phi) is 7.20. The lowest BCUT2D eigenvalue weighted by atomic mass is 9.98. The Morgan fingerprint density at radius 1 is 0.719 bits per heavy atom. The highest BCUT2D eigenvalue weighted by Crippen LogP contribution is 2.35. The molecule has 0 heterocycles. The fourth-order valence-electron chi connectivity index (χ4n) is 3.96. The molecule has 0 fully saturated rings. The van der Waals surface area contributed by atoms with Gasteiger partial charge in [-0.2, -0.15) is 0 Å². The topological polar surface area (TPSA) is 3.24 Å². The number of aryl methyl sites for hydroxylation is 4. The number of anilines is 2. The van der Waals surface area contributed by atoms with Gasteiger partial charge in [0.25, 0.3) is 0 Å². The van der Waals surface area contributed by atoms with Crippen molar-refractivity contribution in [2.75, 3.05) is 4.90 Å². The first-order valence-electron chi connectivity index (χ1n) is 11.2. The van der Waals surface area contributed by atoms with E-state index in [4.69, 9.17) is 0 Å². The van der Waals surface area contributed by atoms with Crippen LogP contribution in [0.2, 0.25) is 0 Å². The SMILES string of the molecule is C=C/C(C)=C(C)/C=C(\C)N(c1cccc(C)c1)c1ccc(-c2ccc(C)c(C)c2)cc1C. The zero-order valence-corrected chi connectivity index (χ0v) is 20.6. The molecule has 0 amide bonds. The van der Waals surface area contributed by atoms with Gasteiger partial charge in [0.1, 0.15) is 0 Å². The first-order valence-corrected chi connectivity index (χ1v) is 11.2. The summed E-state index contributed by atoms with van der Waals surface area (Å²) in [6, 6.07) is 22.2. The lowest BCUT2D eigenvalue weighted by molar-refractivity contribution is 1.13. The van der Waals surface area contributed by atoms with Gasteiger partial charge in [0, 0.05) is 17.1 Å². The number of rotatable bonds is 6. The summed E-state index contributed by atoms with van der Waals surface area (Å²) in [6.07, 6.45) is 4.16. The van der Waals surface area contributed by atoms with Crippen molar-refractivity contribution in [3.63, 3.8) is 0 Å². The van der Waals surface area contributed by atoms with Gasteiger partial charge in [-0.05, 0) is 123 Å². The Hall–Kier alpha value is -3.32. The van der Waals surface area contributed by atoms with Gasteiger partial charge in [-0.15, -0.1) is 0 Å². The van der Waals surface area contributed by atoms with Gasteiger partial charge < -0.3 is 4.90 Å². The summed E-state index contributed by atoms with van der Waals surface area (Å²) in [4.78, 5) is 2.35. The Morgan fingerprint density at radius 2 is 1.38 bits per heavy atom. The van der Waals surface area contributed by atoms with Crippen molar-refractivity contribution in [1.82, 2.24) is 0 Å². The fraction of sp³-hybridized carbons (Fsp3) is 0.226. The highest BCUT2D eigenvalue weighted by atomic mass is 15.1. The summed E-state index contributed by atoms with van der Waals surface area (Å²) in [6.45, 7) is 19.0. The molecule has 0 N–H and O–H groups in total. The van der Waals surface area contributed by atoms with Crippen LogP contribution >= 0.6 is 0 Å². The smallest absolute Gasteiger partial charge is 0.0487 e. The second kappa shape index (κ2) is 9.87. The van der Waals surface area contributed by atoms with E-state index in [1.807, 2.05) is 6.08 Å². The average molecular weight is 422 g/mol. The maximum atomic E-state index is 3.93. The average Bonchev–Trinajstić information content (AvgIpc) is 2.76. The van der Waals surface area contributed by atoms with E-state index >= 15 is 0 Å². The zero-order chi connectivity index (χ0) is 23.4. The highest BCUT2D eigenvalue weighted by molar-refractivity contribution is 5.76. The molecule has 0 spiro atoms. The molecule has 0 aromatic heterocycles. The second-order valence-electron chi connectivity index (χ2n) is 8.83. The molecule has 164 valence electrons. The molecule has 0 atom stereocenters. The van der Waals surface area contributed by atoms with E-state index in [9.17, 15) is 0 Å². The Morgan fingerprint density at radius 3 is 1.97 bits per heavy atom. The maximum Gasteiger partial charge on any atom is 0.0487 e. The predicted octanol–water partition coefficient (Wildman–Crippen LogP) is 9.15. The monoisotopic (exact) mass is 421 g/mol. The van der Waals surface area contributed by atoms with Crippen LogP contribution in [0.3, 0.4) is 0 Å². The van der Waals surface area contributed by atoms with Gasteiger partial charge in [0.15, 0.2) is 0 Å². The van der Waals surface area contributed by atoms with Gasteiger partial charge >= 0.3 is 0 Å². The molecule has 0 saturated heterocycles. The van der Waals surface area contributed by atoms with Gasteiger partial charge in [0.2, 0.25) is 0 Å². The van der Waals surface area contributed by atoms with Crippen molar-refractivity contribution in [2.45, 2.75) is 48.5 Å². The number of benzene rings is 3. The van der Waals surface area contributed by atoms with Crippen LogP contribution in [0.4, 0.5) is 11.4 Å². The first-order chi connectivity index (χ1) is 15.2. The Balaban J connectivity index is 2.13. The minimum atomic E-state index is 1.17. The predicted molar refractivity (Wildman–Crippen MR) is 142 cm³/mol. The molecule has 0 aliphatic heterocycles. The normalized spacial score (nSPS) is 12.4. The van der Waals surface area contributed by atoms with E-state index in [2.05, 4.69) is 127 Å². The number of nitrogens with zero attached hydrogens (tertiary/aromatic N) is 1. The van der Waals surface area contributed by atoms with Crippen molar-refractivity contribution >= 4 is 11.4 Å². The minimum absolute atomic E-state index is 1.17. The van der Waals surface area contributed by atoms with Crippen LogP contribution in [0, 0.1) is 27.7 Å². The molecule has 0 radical (unpaired) electrons. The van der Waals surface area contributed by atoms with Crippen LogP contribution in [0.1, 0.15) is 43.0 Å². The molecule has 32 heavy (non-hydrogen) atoms. The third-order valence-corrected chi connectivity index (χ3v) is 6.24. The molecule has 0 bridgehead atoms. The van der Waals surface area contributed by atoms with E-state index < -0.39 is 0 Å². The van der Waals surface area contributed by atoms with Crippen molar-refractivity contribution in [1.29, 1.82) is 0 Å². The quantitative estimate of drug-likeness (QED) is 0.359. The summed E-state index contributed by atoms with van der Waals surface area (Å²) in [5.74, 6) is 0. The fourth-order valence-corrected chi connectivity index (χ4v) is 3.96. The van der Waals surface area contributed by atoms with Crippen molar-refractivity contribution in [2.24, 2.45) is 0 Å². The molecule has 3 aromatic rings. The van der Waals surface area contributed by atoms with E-state index in [1.54, 1.807) is 0 Å². The summed E-state index contributed by atoms with van der Waals surface area (Å²) >= 11 is 0. The summed E-state index contributed by atoms with van der Waals surface area (Å²) < 4.78 is 0. The molecule has 3 aromatic carbocycles. The molecule has 0 saturated carbocycles.